The van der Waals surface area contributed by atoms with Gasteiger partial charge in [0, 0.05) is 13.1 Å². The van der Waals surface area contributed by atoms with E-state index < -0.39 is 0 Å². The van der Waals surface area contributed by atoms with Crippen molar-refractivity contribution in [1.29, 1.82) is 0 Å². The molecule has 1 fully saturated rings. The zero-order valence-electron chi connectivity index (χ0n) is 9.33. The lowest BCUT2D eigenvalue weighted by molar-refractivity contribution is -0.133. The van der Waals surface area contributed by atoms with Crippen LogP contribution in [0, 0.1) is 5.92 Å². The molecule has 0 spiro atoms. The molecule has 3 heteroatoms. The molecule has 1 aliphatic rings. The second kappa shape index (κ2) is 5.35. The van der Waals surface area contributed by atoms with Crippen LogP contribution in [0.2, 0.25) is 0 Å². The molecule has 0 radical (unpaired) electrons. The minimum absolute atomic E-state index is 0.141. The fourth-order valence-corrected chi connectivity index (χ4v) is 1.79. The number of carbonyl (C=O) groups is 1. The van der Waals surface area contributed by atoms with Crippen molar-refractivity contribution in [2.24, 2.45) is 11.7 Å². The second-order valence-electron chi connectivity index (χ2n) is 4.51. The van der Waals surface area contributed by atoms with Gasteiger partial charge in [-0.1, -0.05) is 26.7 Å². The van der Waals surface area contributed by atoms with Gasteiger partial charge < -0.3 is 10.6 Å². The van der Waals surface area contributed by atoms with Gasteiger partial charge in [0.2, 0.25) is 5.91 Å². The normalized spacial score (nSPS) is 20.7. The summed E-state index contributed by atoms with van der Waals surface area (Å²) in [6, 6.07) is -0.312. The van der Waals surface area contributed by atoms with Crippen LogP contribution < -0.4 is 5.73 Å². The van der Waals surface area contributed by atoms with Gasteiger partial charge in [0.15, 0.2) is 0 Å². The number of hydrogen-bond acceptors (Lipinski definition) is 2. The molecule has 0 saturated carbocycles. The predicted octanol–water partition coefficient (Wildman–Crippen LogP) is 1.37. The maximum atomic E-state index is 11.9. The predicted molar refractivity (Wildman–Crippen MR) is 57.9 cm³/mol. The van der Waals surface area contributed by atoms with Crippen molar-refractivity contribution in [2.75, 3.05) is 13.1 Å². The van der Waals surface area contributed by atoms with Crippen LogP contribution in [0.15, 0.2) is 0 Å². The summed E-state index contributed by atoms with van der Waals surface area (Å²) in [5, 5.41) is 0. The number of amides is 1. The quantitative estimate of drug-likeness (QED) is 0.728. The Bertz CT molecular complexity index is 184. The molecule has 1 saturated heterocycles. The van der Waals surface area contributed by atoms with Crippen LogP contribution in [0.4, 0.5) is 0 Å². The average molecular weight is 198 g/mol. The molecule has 14 heavy (non-hydrogen) atoms. The van der Waals surface area contributed by atoms with E-state index >= 15 is 0 Å². The third kappa shape index (κ3) is 2.98. The Balaban J connectivity index is 2.49. The van der Waals surface area contributed by atoms with E-state index in [9.17, 15) is 4.79 Å². The van der Waals surface area contributed by atoms with Crippen LogP contribution in [-0.4, -0.2) is 29.9 Å². The van der Waals surface area contributed by atoms with E-state index in [1.807, 2.05) is 18.7 Å². The van der Waals surface area contributed by atoms with Crippen molar-refractivity contribution in [3.8, 4) is 0 Å². The summed E-state index contributed by atoms with van der Waals surface area (Å²) in [6.07, 6.45) is 4.77. The molecule has 1 atom stereocenters. The molecule has 1 heterocycles. The lowest BCUT2D eigenvalue weighted by Gasteiger charge is -2.25. The topological polar surface area (TPSA) is 46.3 Å². The number of rotatable bonds is 2. The summed E-state index contributed by atoms with van der Waals surface area (Å²) in [5.74, 6) is 0.382. The van der Waals surface area contributed by atoms with E-state index in [0.717, 1.165) is 25.9 Å². The molecule has 82 valence electrons. The fraction of sp³-hybridized carbons (Fsp3) is 0.909. The molecule has 0 aromatic carbocycles. The molecule has 2 N–H and O–H groups in total. The smallest absolute Gasteiger partial charge is 0.239 e. The Labute approximate surface area is 86.6 Å². The number of nitrogens with zero attached hydrogens (tertiary/aromatic N) is 1. The SMILES string of the molecule is CC(C)[C@@H](N)C(=O)N1CCCCCC1. The highest BCUT2D eigenvalue weighted by Gasteiger charge is 2.23. The van der Waals surface area contributed by atoms with E-state index in [-0.39, 0.29) is 17.9 Å². The fourth-order valence-electron chi connectivity index (χ4n) is 1.79. The Morgan fingerprint density at radius 3 is 2.07 bits per heavy atom. The molecule has 0 aromatic heterocycles. The van der Waals surface area contributed by atoms with Gasteiger partial charge in [-0.25, -0.2) is 0 Å². The van der Waals surface area contributed by atoms with Gasteiger partial charge in [-0.3, -0.25) is 4.79 Å². The van der Waals surface area contributed by atoms with E-state index in [1.54, 1.807) is 0 Å². The van der Waals surface area contributed by atoms with Gasteiger partial charge in [-0.15, -0.1) is 0 Å². The molecule has 3 nitrogen and oxygen atoms in total. The summed E-state index contributed by atoms with van der Waals surface area (Å²) >= 11 is 0. The minimum atomic E-state index is -0.312. The van der Waals surface area contributed by atoms with Crippen molar-refractivity contribution in [3.63, 3.8) is 0 Å². The van der Waals surface area contributed by atoms with Crippen LogP contribution in [0.3, 0.4) is 0 Å². The van der Waals surface area contributed by atoms with Gasteiger partial charge in [-0.05, 0) is 18.8 Å². The average Bonchev–Trinajstić information content (AvgIpc) is 2.43. The Morgan fingerprint density at radius 2 is 1.64 bits per heavy atom. The second-order valence-corrected chi connectivity index (χ2v) is 4.51. The lowest BCUT2D eigenvalue weighted by atomic mass is 10.0. The number of nitrogens with two attached hydrogens (primary N) is 1. The van der Waals surface area contributed by atoms with Gasteiger partial charge in [-0.2, -0.15) is 0 Å². The highest BCUT2D eigenvalue weighted by Crippen LogP contribution is 2.12. The Morgan fingerprint density at radius 1 is 1.14 bits per heavy atom. The van der Waals surface area contributed by atoms with Crippen LogP contribution in [0.25, 0.3) is 0 Å². The highest BCUT2D eigenvalue weighted by molar-refractivity contribution is 5.81. The molecule has 1 aliphatic heterocycles. The molecule has 0 bridgehead atoms. The van der Waals surface area contributed by atoms with Crippen LogP contribution in [-0.2, 0) is 4.79 Å². The van der Waals surface area contributed by atoms with Crippen LogP contribution in [0.5, 0.6) is 0 Å². The lowest BCUT2D eigenvalue weighted by Crippen LogP contribution is -2.46. The number of hydrogen-bond donors (Lipinski definition) is 1. The maximum absolute atomic E-state index is 11.9. The zero-order chi connectivity index (χ0) is 10.6. The van der Waals surface area contributed by atoms with Gasteiger partial charge >= 0.3 is 0 Å². The number of carbonyl (C=O) groups excluding carboxylic acids is 1. The van der Waals surface area contributed by atoms with Crippen molar-refractivity contribution >= 4 is 5.91 Å². The summed E-state index contributed by atoms with van der Waals surface area (Å²) in [7, 11) is 0. The molecular formula is C11H22N2O. The van der Waals surface area contributed by atoms with Crippen LogP contribution in [0.1, 0.15) is 39.5 Å². The minimum Gasteiger partial charge on any atom is -0.341 e. The summed E-state index contributed by atoms with van der Waals surface area (Å²) in [5.41, 5.74) is 5.85. The first-order valence-electron chi connectivity index (χ1n) is 5.67. The van der Waals surface area contributed by atoms with Crippen molar-refractivity contribution in [1.82, 2.24) is 4.90 Å². The van der Waals surface area contributed by atoms with Crippen LogP contribution >= 0.6 is 0 Å². The highest BCUT2D eigenvalue weighted by atomic mass is 16.2. The van der Waals surface area contributed by atoms with E-state index in [4.69, 9.17) is 5.73 Å². The molecule has 0 aromatic rings. The Kier molecular flexibility index (Phi) is 4.39. The van der Waals surface area contributed by atoms with E-state index in [0.29, 0.717) is 0 Å². The summed E-state index contributed by atoms with van der Waals surface area (Å²) in [6.45, 7) is 5.80. The molecular weight excluding hydrogens is 176 g/mol. The standard InChI is InChI=1S/C11H22N2O/c1-9(2)10(12)11(14)13-7-5-3-4-6-8-13/h9-10H,3-8,12H2,1-2H3/t10-/m1/s1. The third-order valence-corrected chi connectivity index (χ3v) is 2.92. The monoisotopic (exact) mass is 198 g/mol. The molecule has 0 aliphatic carbocycles. The van der Waals surface area contributed by atoms with E-state index in [1.165, 1.54) is 12.8 Å². The van der Waals surface area contributed by atoms with Gasteiger partial charge in [0.1, 0.15) is 0 Å². The first kappa shape index (κ1) is 11.5. The number of likely N-dealkylation sites (tertiary alicyclic amines) is 1. The molecule has 1 amide bonds. The molecule has 0 unspecified atom stereocenters. The first-order chi connectivity index (χ1) is 6.63. The Hall–Kier alpha value is -0.570. The zero-order valence-corrected chi connectivity index (χ0v) is 9.33. The third-order valence-electron chi connectivity index (χ3n) is 2.92. The summed E-state index contributed by atoms with van der Waals surface area (Å²) < 4.78 is 0. The largest absolute Gasteiger partial charge is 0.341 e. The molecule has 1 rings (SSSR count). The van der Waals surface area contributed by atoms with Crippen molar-refractivity contribution < 1.29 is 4.79 Å². The van der Waals surface area contributed by atoms with Crippen molar-refractivity contribution in [3.05, 3.63) is 0 Å². The van der Waals surface area contributed by atoms with Gasteiger partial charge in [0.05, 0.1) is 6.04 Å². The van der Waals surface area contributed by atoms with Crippen molar-refractivity contribution in [2.45, 2.75) is 45.6 Å². The van der Waals surface area contributed by atoms with Gasteiger partial charge in [0.25, 0.3) is 0 Å². The first-order valence-corrected chi connectivity index (χ1v) is 5.67. The summed E-state index contributed by atoms with van der Waals surface area (Å²) in [4.78, 5) is 13.8. The van der Waals surface area contributed by atoms with E-state index in [2.05, 4.69) is 0 Å². The maximum Gasteiger partial charge on any atom is 0.239 e.